The summed E-state index contributed by atoms with van der Waals surface area (Å²) in [6.07, 6.45) is 6.38. The highest BCUT2D eigenvalue weighted by Gasteiger charge is 2.09. The Morgan fingerprint density at radius 1 is 1.20 bits per heavy atom. The van der Waals surface area contributed by atoms with Gasteiger partial charge in [-0.05, 0) is 25.1 Å². The van der Waals surface area contributed by atoms with Crippen LogP contribution in [0.15, 0.2) is 42.9 Å². The molecule has 0 fully saturated rings. The lowest BCUT2D eigenvalue weighted by Crippen LogP contribution is -2.22. The van der Waals surface area contributed by atoms with Crippen molar-refractivity contribution in [3.05, 3.63) is 54.2 Å². The van der Waals surface area contributed by atoms with Crippen LogP contribution in [0.1, 0.15) is 11.4 Å². The van der Waals surface area contributed by atoms with Crippen LogP contribution in [0.25, 0.3) is 5.52 Å². The van der Waals surface area contributed by atoms with Crippen LogP contribution >= 0.6 is 0 Å². The fourth-order valence-corrected chi connectivity index (χ4v) is 2.26. The monoisotopic (exact) mass is 267 g/mol. The number of rotatable bonds is 4. The highest BCUT2D eigenvalue weighted by Crippen LogP contribution is 2.18. The molecule has 20 heavy (non-hydrogen) atoms. The van der Waals surface area contributed by atoms with Crippen LogP contribution in [-0.4, -0.2) is 33.2 Å². The number of hydrogen-bond donors (Lipinski definition) is 0. The largest absolute Gasteiger partial charge is 0.358 e. The molecule has 0 unspecified atom stereocenters. The summed E-state index contributed by atoms with van der Waals surface area (Å²) in [7, 11) is 2.05. The summed E-state index contributed by atoms with van der Waals surface area (Å²) in [6, 6.07) is 8.05. The topological polar surface area (TPSA) is 46.3 Å². The van der Waals surface area contributed by atoms with Gasteiger partial charge in [0.2, 0.25) is 0 Å². The van der Waals surface area contributed by atoms with E-state index in [2.05, 4.69) is 26.0 Å². The Hall–Kier alpha value is -2.43. The van der Waals surface area contributed by atoms with E-state index in [1.165, 1.54) is 0 Å². The summed E-state index contributed by atoms with van der Waals surface area (Å²) in [4.78, 5) is 11.0. The van der Waals surface area contributed by atoms with E-state index in [0.29, 0.717) is 0 Å². The average molecular weight is 267 g/mol. The molecule has 3 aromatic heterocycles. The molecule has 0 aromatic carbocycles. The lowest BCUT2D eigenvalue weighted by Gasteiger charge is -2.18. The minimum absolute atomic E-state index is 0.869. The molecule has 3 heterocycles. The normalized spacial score (nSPS) is 10.9. The number of pyridine rings is 1. The van der Waals surface area contributed by atoms with Gasteiger partial charge in [-0.2, -0.15) is 5.10 Å². The molecule has 5 heteroatoms. The van der Waals surface area contributed by atoms with Crippen molar-refractivity contribution in [3.8, 4) is 0 Å². The molecule has 5 nitrogen and oxygen atoms in total. The van der Waals surface area contributed by atoms with Gasteiger partial charge in [-0.1, -0.05) is 6.07 Å². The fourth-order valence-electron chi connectivity index (χ4n) is 2.26. The van der Waals surface area contributed by atoms with E-state index in [9.17, 15) is 0 Å². The predicted molar refractivity (Wildman–Crippen MR) is 78.9 cm³/mol. The molecule has 0 aliphatic rings. The molecule has 3 rings (SSSR count). The predicted octanol–water partition coefficient (Wildman–Crippen LogP) is 2.11. The van der Waals surface area contributed by atoms with Crippen LogP contribution in [0, 0.1) is 6.92 Å². The number of fused-ring (bicyclic) bond motifs is 1. The number of aromatic nitrogens is 4. The quantitative estimate of drug-likeness (QED) is 0.726. The molecule has 102 valence electrons. The smallest absolute Gasteiger partial charge is 0.154 e. The summed E-state index contributed by atoms with van der Waals surface area (Å²) in [6.45, 7) is 2.86. The van der Waals surface area contributed by atoms with E-state index >= 15 is 0 Å². The van der Waals surface area contributed by atoms with Gasteiger partial charge in [0.1, 0.15) is 5.52 Å². The van der Waals surface area contributed by atoms with Crippen molar-refractivity contribution in [2.24, 2.45) is 0 Å². The van der Waals surface area contributed by atoms with E-state index in [-0.39, 0.29) is 0 Å². The Balaban J connectivity index is 1.80. The summed E-state index contributed by atoms with van der Waals surface area (Å²) in [5.41, 5.74) is 3.13. The Bertz CT molecular complexity index is 705. The second kappa shape index (κ2) is 5.28. The number of anilines is 1. The first-order valence-corrected chi connectivity index (χ1v) is 6.66. The zero-order chi connectivity index (χ0) is 13.9. The summed E-state index contributed by atoms with van der Waals surface area (Å²) < 4.78 is 1.87. The second-order valence-electron chi connectivity index (χ2n) is 4.86. The minimum Gasteiger partial charge on any atom is -0.358 e. The molecule has 0 saturated heterocycles. The molecule has 0 saturated carbocycles. The Morgan fingerprint density at radius 2 is 2.10 bits per heavy atom. The number of aryl methyl sites for hydroxylation is 1. The van der Waals surface area contributed by atoms with Gasteiger partial charge in [-0.15, -0.1) is 0 Å². The molecule has 0 amide bonds. The van der Waals surface area contributed by atoms with Crippen LogP contribution in [0.5, 0.6) is 0 Å². The summed E-state index contributed by atoms with van der Waals surface area (Å²) >= 11 is 0. The zero-order valence-electron chi connectivity index (χ0n) is 11.7. The SMILES string of the molecule is Cc1cc2c(N(C)CCc3ccccn3)nccn2n1. The second-order valence-corrected chi connectivity index (χ2v) is 4.86. The van der Waals surface area contributed by atoms with Crippen LogP contribution in [0.4, 0.5) is 5.82 Å². The van der Waals surface area contributed by atoms with E-state index in [4.69, 9.17) is 0 Å². The van der Waals surface area contributed by atoms with Gasteiger partial charge in [-0.25, -0.2) is 9.50 Å². The number of hydrogen-bond acceptors (Lipinski definition) is 4. The van der Waals surface area contributed by atoms with E-state index in [0.717, 1.165) is 35.7 Å². The lowest BCUT2D eigenvalue weighted by molar-refractivity contribution is 0.831. The first-order valence-electron chi connectivity index (χ1n) is 6.66. The average Bonchev–Trinajstić information content (AvgIpc) is 2.85. The maximum Gasteiger partial charge on any atom is 0.154 e. The third kappa shape index (κ3) is 2.47. The minimum atomic E-state index is 0.869. The molecule has 0 aliphatic carbocycles. The van der Waals surface area contributed by atoms with Gasteiger partial charge in [0.05, 0.1) is 5.69 Å². The Labute approximate surface area is 117 Å². The van der Waals surface area contributed by atoms with Gasteiger partial charge in [-0.3, -0.25) is 4.98 Å². The maximum atomic E-state index is 4.48. The molecule has 0 N–H and O–H groups in total. The zero-order valence-corrected chi connectivity index (χ0v) is 11.7. The fraction of sp³-hybridized carbons (Fsp3) is 0.267. The third-order valence-corrected chi connectivity index (χ3v) is 3.28. The van der Waals surface area contributed by atoms with Gasteiger partial charge >= 0.3 is 0 Å². The third-order valence-electron chi connectivity index (χ3n) is 3.28. The number of nitrogens with zero attached hydrogens (tertiary/aromatic N) is 5. The molecule has 0 bridgehead atoms. The van der Waals surface area contributed by atoms with Crippen LogP contribution in [0.2, 0.25) is 0 Å². The summed E-state index contributed by atoms with van der Waals surface area (Å²) in [5.74, 6) is 0.948. The van der Waals surface area contributed by atoms with Crippen LogP contribution in [0.3, 0.4) is 0 Å². The lowest BCUT2D eigenvalue weighted by atomic mass is 10.2. The van der Waals surface area contributed by atoms with E-state index in [1.807, 2.05) is 49.1 Å². The van der Waals surface area contributed by atoms with Crippen molar-refractivity contribution in [2.45, 2.75) is 13.3 Å². The van der Waals surface area contributed by atoms with Gasteiger partial charge < -0.3 is 4.90 Å². The highest BCUT2D eigenvalue weighted by molar-refractivity contribution is 5.68. The van der Waals surface area contributed by atoms with Crippen molar-refractivity contribution in [3.63, 3.8) is 0 Å². The van der Waals surface area contributed by atoms with Gasteiger partial charge in [0, 0.05) is 44.3 Å². The maximum absolute atomic E-state index is 4.48. The summed E-state index contributed by atoms with van der Waals surface area (Å²) in [5, 5.41) is 4.41. The van der Waals surface area contributed by atoms with Gasteiger partial charge in [0.25, 0.3) is 0 Å². The molecule has 0 atom stereocenters. The Kier molecular flexibility index (Phi) is 3.33. The van der Waals surface area contributed by atoms with Gasteiger partial charge in [0.15, 0.2) is 5.82 Å². The Morgan fingerprint density at radius 3 is 2.90 bits per heavy atom. The molecular formula is C15H17N5. The molecule has 0 aliphatic heterocycles. The van der Waals surface area contributed by atoms with Crippen molar-refractivity contribution in [1.82, 2.24) is 19.6 Å². The standard InChI is InChI=1S/C15H17N5/c1-12-11-14-15(17-8-10-20(14)18-12)19(2)9-6-13-5-3-4-7-16-13/h3-5,7-8,10-11H,6,9H2,1-2H3. The van der Waals surface area contributed by atoms with E-state index in [1.54, 1.807) is 6.20 Å². The van der Waals surface area contributed by atoms with Crippen LogP contribution in [-0.2, 0) is 6.42 Å². The highest BCUT2D eigenvalue weighted by atomic mass is 15.3. The molecule has 0 spiro atoms. The first-order chi connectivity index (χ1) is 9.74. The van der Waals surface area contributed by atoms with Crippen molar-refractivity contribution >= 4 is 11.3 Å². The first kappa shape index (κ1) is 12.6. The van der Waals surface area contributed by atoms with Crippen LogP contribution < -0.4 is 4.90 Å². The molecular weight excluding hydrogens is 250 g/mol. The van der Waals surface area contributed by atoms with Crippen molar-refractivity contribution in [1.29, 1.82) is 0 Å². The molecule has 3 aromatic rings. The number of likely N-dealkylation sites (N-methyl/N-ethyl adjacent to an activating group) is 1. The van der Waals surface area contributed by atoms with Crippen molar-refractivity contribution in [2.75, 3.05) is 18.5 Å². The van der Waals surface area contributed by atoms with Crippen molar-refractivity contribution < 1.29 is 0 Å². The van der Waals surface area contributed by atoms with E-state index < -0.39 is 0 Å². The molecule has 0 radical (unpaired) electrons.